The Morgan fingerprint density at radius 1 is 1.04 bits per heavy atom. The summed E-state index contributed by atoms with van der Waals surface area (Å²) in [6.07, 6.45) is 0. The molecule has 0 spiro atoms. The van der Waals surface area contributed by atoms with Crippen molar-refractivity contribution in [3.05, 3.63) is 98.2 Å². The molecule has 1 aromatic heterocycles. The van der Waals surface area contributed by atoms with Crippen LogP contribution in [0.25, 0.3) is 0 Å². The van der Waals surface area contributed by atoms with Crippen molar-refractivity contribution in [2.45, 2.75) is 6.04 Å². The summed E-state index contributed by atoms with van der Waals surface area (Å²) in [6, 6.07) is 18.9. The van der Waals surface area contributed by atoms with E-state index in [-0.39, 0.29) is 23.2 Å². The van der Waals surface area contributed by atoms with Gasteiger partial charge in [-0.05, 0) is 23.1 Å². The van der Waals surface area contributed by atoms with E-state index >= 15 is 0 Å². The van der Waals surface area contributed by atoms with Gasteiger partial charge in [-0.3, -0.25) is 14.9 Å². The topological polar surface area (TPSA) is 72.2 Å². The maximum atomic E-state index is 12.6. The Balaban J connectivity index is 1.89. The Hall–Kier alpha value is -2.99. The first-order valence-electron chi connectivity index (χ1n) is 7.29. The zero-order valence-electron chi connectivity index (χ0n) is 12.6. The minimum absolute atomic E-state index is 0.102. The number of nitrogens with one attached hydrogen (secondary N) is 1. The fourth-order valence-corrected chi connectivity index (χ4v) is 3.20. The molecule has 1 atom stereocenters. The lowest BCUT2D eigenvalue weighted by atomic mass is 10.0. The maximum Gasteiger partial charge on any atom is 0.270 e. The predicted molar refractivity (Wildman–Crippen MR) is 93.2 cm³/mol. The fourth-order valence-electron chi connectivity index (χ4n) is 2.39. The standard InChI is InChI=1S/C18H14N2O3S/c21-18(14-8-4-9-15(12-14)20(22)23)19-17(16-10-5-11-24-16)13-6-2-1-3-7-13/h1-12,17H,(H,19,21)/t17-/m0/s1. The third-order valence-corrected chi connectivity index (χ3v) is 4.49. The maximum absolute atomic E-state index is 12.6. The van der Waals surface area contributed by atoms with Crippen molar-refractivity contribution in [3.63, 3.8) is 0 Å². The second-order valence-corrected chi connectivity index (χ2v) is 6.12. The third-order valence-electron chi connectivity index (χ3n) is 3.56. The molecule has 1 N–H and O–H groups in total. The molecule has 0 unspecified atom stereocenters. The van der Waals surface area contributed by atoms with Crippen LogP contribution in [0, 0.1) is 10.1 Å². The van der Waals surface area contributed by atoms with Crippen molar-refractivity contribution in [1.29, 1.82) is 0 Å². The molecule has 0 fully saturated rings. The van der Waals surface area contributed by atoms with Crippen LogP contribution in [0.1, 0.15) is 26.8 Å². The molecule has 0 saturated carbocycles. The van der Waals surface area contributed by atoms with E-state index in [1.54, 1.807) is 17.4 Å². The van der Waals surface area contributed by atoms with Crippen LogP contribution in [0.3, 0.4) is 0 Å². The number of carbonyl (C=O) groups excluding carboxylic acids is 1. The van der Waals surface area contributed by atoms with Crippen LogP contribution >= 0.6 is 11.3 Å². The van der Waals surface area contributed by atoms with Gasteiger partial charge < -0.3 is 5.32 Å². The zero-order valence-corrected chi connectivity index (χ0v) is 13.4. The Morgan fingerprint density at radius 2 is 1.83 bits per heavy atom. The number of thiophene rings is 1. The van der Waals surface area contributed by atoms with Gasteiger partial charge in [0.1, 0.15) is 0 Å². The number of non-ortho nitro benzene ring substituents is 1. The molecule has 0 aliphatic heterocycles. The average Bonchev–Trinajstić information content (AvgIpc) is 3.14. The van der Waals surface area contributed by atoms with Crippen LogP contribution in [0.5, 0.6) is 0 Å². The molecule has 3 rings (SSSR count). The summed E-state index contributed by atoms with van der Waals surface area (Å²) in [5.41, 5.74) is 1.12. The second kappa shape index (κ2) is 7.06. The summed E-state index contributed by atoms with van der Waals surface area (Å²) in [4.78, 5) is 23.9. The number of nitro benzene ring substituents is 1. The number of rotatable bonds is 5. The minimum atomic E-state index is -0.509. The van der Waals surface area contributed by atoms with Gasteiger partial charge in [-0.15, -0.1) is 11.3 Å². The van der Waals surface area contributed by atoms with Gasteiger partial charge in [0, 0.05) is 22.6 Å². The van der Waals surface area contributed by atoms with Crippen molar-refractivity contribution >= 4 is 22.9 Å². The molecule has 0 bridgehead atoms. The number of carbonyl (C=O) groups is 1. The number of benzene rings is 2. The molecular weight excluding hydrogens is 324 g/mol. The van der Waals surface area contributed by atoms with Crippen LogP contribution in [0.15, 0.2) is 72.1 Å². The molecule has 0 aliphatic rings. The van der Waals surface area contributed by atoms with E-state index < -0.39 is 4.92 Å². The molecule has 3 aromatic rings. The van der Waals surface area contributed by atoms with E-state index in [2.05, 4.69) is 5.32 Å². The highest BCUT2D eigenvalue weighted by Gasteiger charge is 2.19. The number of nitro groups is 1. The molecule has 24 heavy (non-hydrogen) atoms. The van der Waals surface area contributed by atoms with Crippen LogP contribution < -0.4 is 5.32 Å². The Labute approximate surface area is 142 Å². The third kappa shape index (κ3) is 3.49. The smallest absolute Gasteiger partial charge is 0.270 e. The van der Waals surface area contributed by atoms with Crippen LogP contribution in [-0.2, 0) is 0 Å². The van der Waals surface area contributed by atoms with Crippen LogP contribution in [0.2, 0.25) is 0 Å². The Kier molecular flexibility index (Phi) is 4.67. The van der Waals surface area contributed by atoms with Gasteiger partial charge in [-0.1, -0.05) is 42.5 Å². The second-order valence-electron chi connectivity index (χ2n) is 5.14. The highest BCUT2D eigenvalue weighted by molar-refractivity contribution is 7.10. The average molecular weight is 338 g/mol. The highest BCUT2D eigenvalue weighted by atomic mass is 32.1. The molecule has 2 aromatic carbocycles. The summed E-state index contributed by atoms with van der Waals surface area (Å²) in [5, 5.41) is 15.8. The lowest BCUT2D eigenvalue weighted by Crippen LogP contribution is -2.28. The van der Waals surface area contributed by atoms with E-state index in [1.165, 1.54) is 18.2 Å². The Morgan fingerprint density at radius 3 is 2.50 bits per heavy atom. The lowest BCUT2D eigenvalue weighted by molar-refractivity contribution is -0.384. The van der Waals surface area contributed by atoms with Crippen molar-refractivity contribution < 1.29 is 9.72 Å². The number of nitrogens with zero attached hydrogens (tertiary/aromatic N) is 1. The van der Waals surface area contributed by atoms with Crippen molar-refractivity contribution in [2.75, 3.05) is 0 Å². The largest absolute Gasteiger partial charge is 0.340 e. The van der Waals surface area contributed by atoms with Gasteiger partial charge in [0.15, 0.2) is 0 Å². The van der Waals surface area contributed by atoms with Crippen molar-refractivity contribution in [3.8, 4) is 0 Å². The lowest BCUT2D eigenvalue weighted by Gasteiger charge is -2.18. The summed E-state index contributed by atoms with van der Waals surface area (Å²) in [6.45, 7) is 0. The first-order valence-corrected chi connectivity index (χ1v) is 8.17. The van der Waals surface area contributed by atoms with Gasteiger partial charge in [-0.2, -0.15) is 0 Å². The zero-order chi connectivity index (χ0) is 16.9. The predicted octanol–water partition coefficient (Wildman–Crippen LogP) is 4.18. The summed E-state index contributed by atoms with van der Waals surface area (Å²) >= 11 is 1.55. The molecule has 1 amide bonds. The van der Waals surface area contributed by atoms with Crippen molar-refractivity contribution in [2.24, 2.45) is 0 Å². The van der Waals surface area contributed by atoms with Crippen LogP contribution in [0.4, 0.5) is 5.69 Å². The van der Waals surface area contributed by atoms with Gasteiger partial charge >= 0.3 is 0 Å². The fraction of sp³-hybridized carbons (Fsp3) is 0.0556. The number of amides is 1. The molecular formula is C18H14N2O3S. The summed E-state index contributed by atoms with van der Waals surface area (Å²) in [5.74, 6) is -0.346. The monoisotopic (exact) mass is 338 g/mol. The van der Waals surface area contributed by atoms with Crippen LogP contribution in [-0.4, -0.2) is 10.8 Å². The summed E-state index contributed by atoms with van der Waals surface area (Å²) < 4.78 is 0. The molecule has 0 aliphatic carbocycles. The van der Waals surface area contributed by atoms with E-state index in [0.717, 1.165) is 10.4 Å². The SMILES string of the molecule is O=C(N[C@@H](c1ccccc1)c1cccs1)c1cccc([N+](=O)[O-])c1. The number of hydrogen-bond donors (Lipinski definition) is 1. The highest BCUT2D eigenvalue weighted by Crippen LogP contribution is 2.26. The van der Waals surface area contributed by atoms with Gasteiger partial charge in [0.25, 0.3) is 11.6 Å². The molecule has 120 valence electrons. The minimum Gasteiger partial charge on any atom is -0.340 e. The van der Waals surface area contributed by atoms with Gasteiger partial charge in [0.2, 0.25) is 0 Å². The van der Waals surface area contributed by atoms with Crippen molar-refractivity contribution in [1.82, 2.24) is 5.32 Å². The Bertz CT molecular complexity index is 848. The van der Waals surface area contributed by atoms with E-state index in [0.29, 0.717) is 0 Å². The van der Waals surface area contributed by atoms with E-state index in [1.807, 2.05) is 47.8 Å². The van der Waals surface area contributed by atoms with Gasteiger partial charge in [-0.25, -0.2) is 0 Å². The first kappa shape index (κ1) is 15.9. The molecule has 0 saturated heterocycles. The van der Waals surface area contributed by atoms with E-state index in [9.17, 15) is 14.9 Å². The quantitative estimate of drug-likeness (QED) is 0.560. The normalized spacial score (nSPS) is 11.7. The number of hydrogen-bond acceptors (Lipinski definition) is 4. The molecule has 0 radical (unpaired) electrons. The molecule has 6 heteroatoms. The molecule has 5 nitrogen and oxygen atoms in total. The first-order chi connectivity index (χ1) is 11.6. The molecule has 1 heterocycles. The van der Waals surface area contributed by atoms with E-state index in [4.69, 9.17) is 0 Å². The van der Waals surface area contributed by atoms with Gasteiger partial charge in [0.05, 0.1) is 11.0 Å². The summed E-state index contributed by atoms with van der Waals surface area (Å²) in [7, 11) is 0.